The molecule has 3 unspecified atom stereocenters. The summed E-state index contributed by atoms with van der Waals surface area (Å²) in [6, 6.07) is 6.30. The summed E-state index contributed by atoms with van der Waals surface area (Å²) in [4.78, 5) is 68.9. The van der Waals surface area contributed by atoms with Gasteiger partial charge < -0.3 is 30.5 Å². The van der Waals surface area contributed by atoms with Crippen LogP contribution in [0, 0.1) is 5.92 Å². The first kappa shape index (κ1) is 32.4. The van der Waals surface area contributed by atoms with E-state index in [9.17, 15) is 24.0 Å². The molecule has 2 aliphatic rings. The molecule has 2 saturated heterocycles. The summed E-state index contributed by atoms with van der Waals surface area (Å²) in [6.45, 7) is 8.17. The largest absolute Gasteiger partial charge is 0.457 e. The SMILES string of the molecule is CNC1CCN(C(=O)NC(C(=O)N2CSCC2C(=O)NC(Cc2ccccc2)C(=O)C(=O)OC(C)C)C(C)C)CC1. The van der Waals surface area contributed by atoms with Gasteiger partial charge in [-0.05, 0) is 45.2 Å². The average molecular weight is 590 g/mol. The van der Waals surface area contributed by atoms with Gasteiger partial charge in [0.05, 0.1) is 12.0 Å². The third-order valence-corrected chi connectivity index (χ3v) is 8.34. The number of hydrogen-bond acceptors (Lipinski definition) is 8. The molecule has 12 heteroatoms. The Hall–Kier alpha value is -3.12. The summed E-state index contributed by atoms with van der Waals surface area (Å²) in [6.07, 6.45) is 1.28. The van der Waals surface area contributed by atoms with Crippen LogP contribution in [0.25, 0.3) is 0 Å². The molecule has 2 aliphatic heterocycles. The minimum Gasteiger partial charge on any atom is -0.457 e. The van der Waals surface area contributed by atoms with Crippen molar-refractivity contribution in [3.63, 3.8) is 0 Å². The van der Waals surface area contributed by atoms with Crippen LogP contribution in [0.15, 0.2) is 30.3 Å². The number of nitrogens with zero attached hydrogens (tertiary/aromatic N) is 2. The number of nitrogens with one attached hydrogen (secondary N) is 3. The van der Waals surface area contributed by atoms with Gasteiger partial charge in [0, 0.05) is 31.3 Å². The molecule has 0 radical (unpaired) electrons. The van der Waals surface area contributed by atoms with E-state index in [0.717, 1.165) is 18.4 Å². The number of carbonyl (C=O) groups is 5. The summed E-state index contributed by atoms with van der Waals surface area (Å²) in [5.41, 5.74) is 0.763. The fourth-order valence-electron chi connectivity index (χ4n) is 4.91. The van der Waals surface area contributed by atoms with E-state index in [1.165, 1.54) is 16.7 Å². The number of carbonyl (C=O) groups excluding carboxylic acids is 5. The molecule has 11 nitrogen and oxygen atoms in total. The number of amides is 4. The van der Waals surface area contributed by atoms with Crippen molar-refractivity contribution in [2.45, 2.75) is 77.2 Å². The zero-order valence-electron chi connectivity index (χ0n) is 24.6. The normalized spacial score (nSPS) is 19.1. The first-order valence-corrected chi connectivity index (χ1v) is 15.4. The Morgan fingerprint density at radius 1 is 1.00 bits per heavy atom. The van der Waals surface area contributed by atoms with E-state index < -0.39 is 41.9 Å². The highest BCUT2D eigenvalue weighted by Crippen LogP contribution is 2.24. The standard InChI is InChI=1S/C29H43N5O6S/c1-18(2)24(32-29(39)33-13-11-21(30-5)12-14-33)27(37)34-17-41-16-23(34)26(36)31-22(15-20-9-7-6-8-10-20)25(35)28(38)40-19(3)4/h6-10,18-19,21-24,30H,11-17H2,1-5H3,(H,31,36)(H,32,39). The van der Waals surface area contributed by atoms with Crippen LogP contribution in [0.2, 0.25) is 0 Å². The number of ether oxygens (including phenoxy) is 1. The van der Waals surface area contributed by atoms with Crippen LogP contribution in [0.1, 0.15) is 46.1 Å². The molecule has 41 heavy (non-hydrogen) atoms. The van der Waals surface area contributed by atoms with Crippen LogP contribution >= 0.6 is 11.8 Å². The highest BCUT2D eigenvalue weighted by Gasteiger charge is 2.41. The van der Waals surface area contributed by atoms with Crippen LogP contribution in [0.3, 0.4) is 0 Å². The van der Waals surface area contributed by atoms with Crippen molar-refractivity contribution in [3.05, 3.63) is 35.9 Å². The monoisotopic (exact) mass is 589 g/mol. The number of hydrogen-bond donors (Lipinski definition) is 3. The van der Waals surface area contributed by atoms with Crippen LogP contribution in [-0.2, 0) is 30.3 Å². The maximum atomic E-state index is 13.7. The number of rotatable bonds is 11. The molecule has 3 atom stereocenters. The molecule has 0 saturated carbocycles. The van der Waals surface area contributed by atoms with Crippen molar-refractivity contribution in [2.75, 3.05) is 31.8 Å². The average Bonchev–Trinajstić information content (AvgIpc) is 3.45. The lowest BCUT2D eigenvalue weighted by Crippen LogP contribution is -2.59. The van der Waals surface area contributed by atoms with Gasteiger partial charge in [-0.3, -0.25) is 14.4 Å². The van der Waals surface area contributed by atoms with E-state index in [4.69, 9.17) is 4.74 Å². The van der Waals surface area contributed by atoms with E-state index >= 15 is 0 Å². The summed E-state index contributed by atoms with van der Waals surface area (Å²) in [7, 11) is 1.91. The minimum atomic E-state index is -1.15. The van der Waals surface area contributed by atoms with Gasteiger partial charge in [0.1, 0.15) is 18.1 Å². The molecule has 2 heterocycles. The molecule has 0 spiro atoms. The number of piperidine rings is 1. The Kier molecular flexibility index (Phi) is 12.0. The van der Waals surface area contributed by atoms with Crippen LogP contribution < -0.4 is 16.0 Å². The van der Waals surface area contributed by atoms with E-state index in [-0.39, 0.29) is 30.2 Å². The fraction of sp³-hybridized carbons (Fsp3) is 0.621. The van der Waals surface area contributed by atoms with Crippen molar-refractivity contribution >= 4 is 41.4 Å². The Morgan fingerprint density at radius 2 is 1.66 bits per heavy atom. The third-order valence-electron chi connectivity index (χ3n) is 7.33. The second-order valence-corrected chi connectivity index (χ2v) is 12.1. The number of Topliss-reactive ketones (excluding diaryl/α,β-unsaturated/α-hetero) is 1. The molecule has 2 fully saturated rings. The summed E-state index contributed by atoms with van der Waals surface area (Å²) in [5.74, 6) is -2.36. The van der Waals surface area contributed by atoms with Gasteiger partial charge in [0.25, 0.3) is 5.78 Å². The molecule has 0 aromatic heterocycles. The molecule has 3 N–H and O–H groups in total. The van der Waals surface area contributed by atoms with Crippen molar-refractivity contribution in [3.8, 4) is 0 Å². The first-order chi connectivity index (χ1) is 19.5. The molecule has 3 rings (SSSR count). The van der Waals surface area contributed by atoms with Gasteiger partial charge >= 0.3 is 12.0 Å². The quantitative estimate of drug-likeness (QED) is 0.261. The molecule has 1 aromatic carbocycles. The van der Waals surface area contributed by atoms with Crippen molar-refractivity contribution in [1.82, 2.24) is 25.8 Å². The van der Waals surface area contributed by atoms with Gasteiger partial charge in [0.15, 0.2) is 0 Å². The number of likely N-dealkylation sites (tertiary alicyclic amines) is 1. The lowest BCUT2D eigenvalue weighted by Gasteiger charge is -2.35. The Morgan fingerprint density at radius 3 is 2.24 bits per heavy atom. The van der Waals surface area contributed by atoms with Gasteiger partial charge in [-0.1, -0.05) is 44.2 Å². The second kappa shape index (κ2) is 15.2. The summed E-state index contributed by atoms with van der Waals surface area (Å²) < 4.78 is 5.10. The second-order valence-electron chi connectivity index (χ2n) is 11.1. The van der Waals surface area contributed by atoms with Crippen molar-refractivity contribution < 1.29 is 28.7 Å². The fourth-order valence-corrected chi connectivity index (χ4v) is 6.07. The highest BCUT2D eigenvalue weighted by atomic mass is 32.2. The lowest BCUT2D eigenvalue weighted by molar-refractivity contribution is -0.158. The van der Waals surface area contributed by atoms with E-state index in [1.807, 2.05) is 39.1 Å². The molecular weight excluding hydrogens is 546 g/mol. The van der Waals surface area contributed by atoms with Crippen molar-refractivity contribution in [2.24, 2.45) is 5.92 Å². The number of thioether (sulfide) groups is 1. The van der Waals surface area contributed by atoms with E-state index in [2.05, 4.69) is 16.0 Å². The molecule has 4 amide bonds. The molecule has 1 aromatic rings. The maximum absolute atomic E-state index is 13.7. The van der Waals surface area contributed by atoms with Crippen LogP contribution in [-0.4, -0.2) is 101 Å². The highest BCUT2D eigenvalue weighted by molar-refractivity contribution is 7.99. The maximum Gasteiger partial charge on any atom is 0.377 e. The first-order valence-electron chi connectivity index (χ1n) is 14.2. The third kappa shape index (κ3) is 8.93. The zero-order valence-corrected chi connectivity index (χ0v) is 25.4. The van der Waals surface area contributed by atoms with E-state index in [1.54, 1.807) is 30.9 Å². The lowest BCUT2D eigenvalue weighted by atomic mass is 10.0. The minimum absolute atomic E-state index is 0.0985. The predicted octanol–water partition coefficient (Wildman–Crippen LogP) is 1.55. The molecule has 226 valence electrons. The predicted molar refractivity (Wildman–Crippen MR) is 157 cm³/mol. The Bertz CT molecular complexity index is 1080. The molecular formula is C29H43N5O6S. The number of urea groups is 1. The smallest absolute Gasteiger partial charge is 0.377 e. The van der Waals surface area contributed by atoms with Crippen LogP contribution in [0.4, 0.5) is 4.79 Å². The zero-order chi connectivity index (χ0) is 30.1. The topological polar surface area (TPSA) is 137 Å². The van der Waals surface area contributed by atoms with Crippen molar-refractivity contribution in [1.29, 1.82) is 0 Å². The van der Waals surface area contributed by atoms with Gasteiger partial charge in [-0.2, -0.15) is 0 Å². The Labute approximate surface area is 246 Å². The summed E-state index contributed by atoms with van der Waals surface area (Å²) >= 11 is 1.42. The molecule has 0 aliphatic carbocycles. The number of esters is 1. The summed E-state index contributed by atoms with van der Waals surface area (Å²) in [5, 5.41) is 8.85. The van der Waals surface area contributed by atoms with Gasteiger partial charge in [0.2, 0.25) is 11.8 Å². The van der Waals surface area contributed by atoms with E-state index in [0.29, 0.717) is 24.9 Å². The number of benzene rings is 1. The Balaban J connectivity index is 1.71. The molecule has 0 bridgehead atoms. The number of ketones is 1. The van der Waals surface area contributed by atoms with Gasteiger partial charge in [-0.15, -0.1) is 11.8 Å². The van der Waals surface area contributed by atoms with Gasteiger partial charge in [-0.25, -0.2) is 9.59 Å². The van der Waals surface area contributed by atoms with Crippen LogP contribution in [0.5, 0.6) is 0 Å².